The lowest BCUT2D eigenvalue weighted by Crippen LogP contribution is -2.20. The van der Waals surface area contributed by atoms with E-state index in [1.807, 2.05) is 36.9 Å². The molecular formula is C22H27N3OS2. The molecule has 6 heteroatoms. The lowest BCUT2D eigenvalue weighted by atomic mass is 10.0. The van der Waals surface area contributed by atoms with Crippen LogP contribution in [0.2, 0.25) is 0 Å². The SMILES string of the molecule is Cc1nc(CCSCc2csc(C(C)C)n2)[nH]c(=O)c1CCc1ccccc1. The van der Waals surface area contributed by atoms with E-state index in [9.17, 15) is 4.79 Å². The molecule has 0 bridgehead atoms. The second-order valence-corrected chi connectivity index (χ2v) is 9.19. The molecule has 2 aromatic heterocycles. The third-order valence-electron chi connectivity index (χ3n) is 4.57. The highest BCUT2D eigenvalue weighted by atomic mass is 32.2. The zero-order valence-corrected chi connectivity index (χ0v) is 18.3. The highest BCUT2D eigenvalue weighted by Crippen LogP contribution is 2.22. The second kappa shape index (κ2) is 10.0. The van der Waals surface area contributed by atoms with Gasteiger partial charge in [-0.3, -0.25) is 4.79 Å². The molecule has 1 N–H and O–H groups in total. The molecule has 0 saturated heterocycles. The van der Waals surface area contributed by atoms with Gasteiger partial charge in [0.1, 0.15) is 5.82 Å². The van der Waals surface area contributed by atoms with E-state index < -0.39 is 0 Å². The summed E-state index contributed by atoms with van der Waals surface area (Å²) in [5.74, 6) is 3.09. The third kappa shape index (κ3) is 5.79. The minimum atomic E-state index is 0.00417. The van der Waals surface area contributed by atoms with Crippen molar-refractivity contribution in [2.24, 2.45) is 0 Å². The lowest BCUT2D eigenvalue weighted by Gasteiger charge is -2.07. The minimum absolute atomic E-state index is 0.00417. The predicted octanol–water partition coefficient (Wildman–Crippen LogP) is 4.92. The number of rotatable bonds is 9. The molecule has 0 radical (unpaired) electrons. The molecular weight excluding hydrogens is 386 g/mol. The molecule has 28 heavy (non-hydrogen) atoms. The van der Waals surface area contributed by atoms with E-state index in [4.69, 9.17) is 0 Å². The second-order valence-electron chi connectivity index (χ2n) is 7.20. The van der Waals surface area contributed by atoms with Gasteiger partial charge in [0.15, 0.2) is 0 Å². The maximum Gasteiger partial charge on any atom is 0.254 e. The molecule has 0 saturated carbocycles. The Morgan fingerprint density at radius 3 is 2.57 bits per heavy atom. The van der Waals surface area contributed by atoms with Gasteiger partial charge in [0.25, 0.3) is 5.56 Å². The highest BCUT2D eigenvalue weighted by Gasteiger charge is 2.09. The Morgan fingerprint density at radius 2 is 1.89 bits per heavy atom. The molecule has 0 aliphatic carbocycles. The van der Waals surface area contributed by atoms with Crippen molar-refractivity contribution in [2.75, 3.05) is 5.75 Å². The Bertz CT molecular complexity index is 948. The number of benzene rings is 1. The van der Waals surface area contributed by atoms with Crippen LogP contribution in [-0.2, 0) is 25.0 Å². The molecule has 0 atom stereocenters. The summed E-state index contributed by atoms with van der Waals surface area (Å²) >= 11 is 3.57. The maximum absolute atomic E-state index is 12.5. The van der Waals surface area contributed by atoms with E-state index in [1.165, 1.54) is 10.6 Å². The number of thioether (sulfide) groups is 1. The van der Waals surface area contributed by atoms with Crippen LogP contribution in [0.3, 0.4) is 0 Å². The van der Waals surface area contributed by atoms with Crippen LogP contribution < -0.4 is 5.56 Å². The predicted molar refractivity (Wildman–Crippen MR) is 120 cm³/mol. The van der Waals surface area contributed by atoms with Gasteiger partial charge in [-0.05, 0) is 25.3 Å². The van der Waals surface area contributed by atoms with Gasteiger partial charge in [0.05, 0.1) is 10.7 Å². The first-order valence-electron chi connectivity index (χ1n) is 9.67. The van der Waals surface area contributed by atoms with Crippen LogP contribution in [0.25, 0.3) is 0 Å². The average Bonchev–Trinajstić information content (AvgIpc) is 3.15. The van der Waals surface area contributed by atoms with Crippen molar-refractivity contribution in [1.29, 1.82) is 0 Å². The fourth-order valence-electron chi connectivity index (χ4n) is 3.00. The van der Waals surface area contributed by atoms with Crippen molar-refractivity contribution in [2.45, 2.75) is 51.7 Å². The van der Waals surface area contributed by atoms with Crippen LogP contribution in [0.5, 0.6) is 0 Å². The fourth-order valence-corrected chi connectivity index (χ4v) is 4.77. The Kier molecular flexibility index (Phi) is 7.45. The molecule has 3 aromatic rings. The Labute approximate surface area is 174 Å². The number of H-pyrrole nitrogens is 1. The van der Waals surface area contributed by atoms with E-state index in [-0.39, 0.29) is 5.56 Å². The number of aromatic nitrogens is 3. The van der Waals surface area contributed by atoms with Gasteiger partial charge in [0, 0.05) is 40.5 Å². The summed E-state index contributed by atoms with van der Waals surface area (Å²) in [5.41, 5.74) is 4.03. The van der Waals surface area contributed by atoms with Crippen molar-refractivity contribution in [1.82, 2.24) is 15.0 Å². The van der Waals surface area contributed by atoms with Gasteiger partial charge in [0.2, 0.25) is 0 Å². The number of hydrogen-bond donors (Lipinski definition) is 1. The lowest BCUT2D eigenvalue weighted by molar-refractivity contribution is 0.839. The standard InChI is InChI=1S/C22H27N3OS2/c1-15(2)22-24-18(14-28-22)13-27-12-11-20-23-16(3)19(21(26)25-20)10-9-17-7-5-4-6-8-17/h4-8,14-15H,9-13H2,1-3H3,(H,23,25,26). The van der Waals surface area contributed by atoms with Crippen LogP contribution in [0.4, 0.5) is 0 Å². The van der Waals surface area contributed by atoms with Crippen LogP contribution in [0.1, 0.15) is 53.1 Å². The van der Waals surface area contributed by atoms with Gasteiger partial charge in [-0.25, -0.2) is 9.97 Å². The molecule has 2 heterocycles. The first kappa shape index (κ1) is 20.8. The quantitative estimate of drug-likeness (QED) is 0.506. The Balaban J connectivity index is 1.51. The summed E-state index contributed by atoms with van der Waals surface area (Å²) in [6.45, 7) is 6.28. The summed E-state index contributed by atoms with van der Waals surface area (Å²) in [7, 11) is 0. The highest BCUT2D eigenvalue weighted by molar-refractivity contribution is 7.98. The maximum atomic E-state index is 12.5. The molecule has 1 aromatic carbocycles. The topological polar surface area (TPSA) is 58.6 Å². The van der Waals surface area contributed by atoms with Gasteiger partial charge in [-0.15, -0.1) is 11.3 Å². The zero-order valence-electron chi connectivity index (χ0n) is 16.7. The zero-order chi connectivity index (χ0) is 19.9. The summed E-state index contributed by atoms with van der Waals surface area (Å²) < 4.78 is 0. The van der Waals surface area contributed by atoms with Gasteiger partial charge >= 0.3 is 0 Å². The van der Waals surface area contributed by atoms with Crippen LogP contribution in [0, 0.1) is 6.92 Å². The summed E-state index contributed by atoms with van der Waals surface area (Å²) in [4.78, 5) is 24.8. The molecule has 0 fully saturated rings. The van der Waals surface area contributed by atoms with E-state index in [0.29, 0.717) is 5.92 Å². The van der Waals surface area contributed by atoms with E-state index >= 15 is 0 Å². The number of nitrogens with zero attached hydrogens (tertiary/aromatic N) is 2. The minimum Gasteiger partial charge on any atom is -0.310 e. The fraction of sp³-hybridized carbons (Fsp3) is 0.409. The molecule has 0 unspecified atom stereocenters. The molecule has 0 amide bonds. The van der Waals surface area contributed by atoms with Gasteiger partial charge in [-0.1, -0.05) is 44.2 Å². The number of hydrogen-bond acceptors (Lipinski definition) is 5. The van der Waals surface area contributed by atoms with Crippen molar-refractivity contribution < 1.29 is 0 Å². The number of aryl methyl sites for hydroxylation is 3. The molecule has 0 aliphatic rings. The van der Waals surface area contributed by atoms with Gasteiger partial charge < -0.3 is 4.98 Å². The summed E-state index contributed by atoms with van der Waals surface area (Å²) in [5, 5.41) is 3.34. The first-order chi connectivity index (χ1) is 13.5. The monoisotopic (exact) mass is 413 g/mol. The first-order valence-corrected chi connectivity index (χ1v) is 11.7. The largest absolute Gasteiger partial charge is 0.310 e. The average molecular weight is 414 g/mol. The molecule has 3 rings (SSSR count). The normalized spacial score (nSPS) is 11.3. The van der Waals surface area contributed by atoms with Crippen molar-refractivity contribution in [3.8, 4) is 0 Å². The van der Waals surface area contributed by atoms with Crippen molar-refractivity contribution in [3.63, 3.8) is 0 Å². The van der Waals surface area contributed by atoms with Crippen LogP contribution >= 0.6 is 23.1 Å². The van der Waals surface area contributed by atoms with Crippen LogP contribution in [-0.4, -0.2) is 20.7 Å². The van der Waals surface area contributed by atoms with E-state index in [1.54, 1.807) is 11.3 Å². The van der Waals surface area contributed by atoms with E-state index in [0.717, 1.165) is 53.5 Å². The molecule has 148 valence electrons. The van der Waals surface area contributed by atoms with E-state index in [2.05, 4.69) is 46.3 Å². The third-order valence-corrected chi connectivity index (χ3v) is 6.76. The number of nitrogens with one attached hydrogen (secondary N) is 1. The Hall–Kier alpha value is -1.92. The molecule has 0 aliphatic heterocycles. The Morgan fingerprint density at radius 1 is 1.11 bits per heavy atom. The smallest absolute Gasteiger partial charge is 0.254 e. The van der Waals surface area contributed by atoms with Crippen molar-refractivity contribution >= 4 is 23.1 Å². The summed E-state index contributed by atoms with van der Waals surface area (Å²) in [6, 6.07) is 10.2. The summed E-state index contributed by atoms with van der Waals surface area (Å²) in [6.07, 6.45) is 2.34. The molecule has 4 nitrogen and oxygen atoms in total. The van der Waals surface area contributed by atoms with Crippen LogP contribution in [0.15, 0.2) is 40.5 Å². The number of aromatic amines is 1. The number of thiazole rings is 1. The molecule has 0 spiro atoms. The van der Waals surface area contributed by atoms with Crippen molar-refractivity contribution in [3.05, 3.63) is 79.4 Å². The van der Waals surface area contributed by atoms with Gasteiger partial charge in [-0.2, -0.15) is 11.8 Å².